The smallest absolute Gasteiger partial charge is 0.308 e. The number of sulfonamides is 1. The number of hydrogen-bond donors (Lipinski definition) is 1. The van der Waals surface area contributed by atoms with Gasteiger partial charge in [-0.3, -0.25) is 14.9 Å². The van der Waals surface area contributed by atoms with Crippen LogP contribution in [0.4, 0.5) is 10.1 Å². The van der Waals surface area contributed by atoms with Gasteiger partial charge in [0, 0.05) is 18.7 Å². The average Bonchev–Trinajstić information content (AvgIpc) is 2.49. The van der Waals surface area contributed by atoms with Crippen molar-refractivity contribution in [1.82, 2.24) is 4.31 Å². The molecule has 0 unspecified atom stereocenters. The van der Waals surface area contributed by atoms with Crippen molar-refractivity contribution < 1.29 is 27.6 Å². The van der Waals surface area contributed by atoms with Crippen LogP contribution in [-0.4, -0.2) is 41.3 Å². The van der Waals surface area contributed by atoms with Crippen LogP contribution in [0.15, 0.2) is 17.0 Å². The number of hydrogen-bond acceptors (Lipinski definition) is 5. The highest BCUT2D eigenvalue weighted by Crippen LogP contribution is 2.32. The Hall–Kier alpha value is -2.07. The van der Waals surface area contributed by atoms with Gasteiger partial charge in [0.2, 0.25) is 10.0 Å². The Morgan fingerprint density at radius 1 is 1.46 bits per heavy atom. The predicted octanol–water partition coefficient (Wildman–Crippen LogP) is 1.92. The number of rotatable bonds is 4. The molecule has 1 heterocycles. The van der Waals surface area contributed by atoms with E-state index in [2.05, 4.69) is 0 Å². The Kier molecular flexibility index (Phi) is 4.90. The third-order valence-corrected chi connectivity index (χ3v) is 6.31. The summed E-state index contributed by atoms with van der Waals surface area (Å²) in [6.07, 6.45) is 0.682. The third-order valence-electron chi connectivity index (χ3n) is 4.34. The fourth-order valence-electron chi connectivity index (χ4n) is 2.90. The molecule has 0 aliphatic carbocycles. The number of carboxylic acid groups (broad SMARTS) is 1. The molecule has 1 aromatic carbocycles. The topological polar surface area (TPSA) is 118 Å². The molecule has 0 radical (unpaired) electrons. The van der Waals surface area contributed by atoms with Crippen LogP contribution in [0, 0.1) is 28.8 Å². The van der Waals surface area contributed by atoms with Crippen molar-refractivity contribution in [3.05, 3.63) is 33.6 Å². The summed E-state index contributed by atoms with van der Waals surface area (Å²) >= 11 is 0. The molecule has 2 atom stereocenters. The second-order valence-electron chi connectivity index (χ2n) is 5.75. The second kappa shape index (κ2) is 6.44. The fourth-order valence-corrected chi connectivity index (χ4v) is 4.63. The van der Waals surface area contributed by atoms with Gasteiger partial charge in [0.15, 0.2) is 0 Å². The lowest BCUT2D eigenvalue weighted by Crippen LogP contribution is -2.49. The minimum Gasteiger partial charge on any atom is -0.481 e. The predicted molar refractivity (Wildman–Crippen MR) is 81.5 cm³/mol. The van der Waals surface area contributed by atoms with Crippen molar-refractivity contribution in [2.45, 2.75) is 37.6 Å². The van der Waals surface area contributed by atoms with Crippen molar-refractivity contribution in [2.24, 2.45) is 5.92 Å². The standard InChI is InChI=1S/C14H17FN2O6S/c1-8-12(15)6-10(7-13(8)17(20)21)24(22,23)16-5-3-4-11(9(16)2)14(18)19/h6-7,9,11H,3-5H2,1-2H3,(H,18,19)/t9-,11-/m1/s1. The first-order chi connectivity index (χ1) is 11.1. The summed E-state index contributed by atoms with van der Waals surface area (Å²) in [6, 6.07) is 0.712. The SMILES string of the molecule is Cc1c(F)cc(S(=O)(=O)N2CCC[C@@H](C(=O)O)[C@H]2C)cc1[N+](=O)[O-]. The lowest BCUT2D eigenvalue weighted by Gasteiger charge is -2.36. The first-order valence-electron chi connectivity index (χ1n) is 7.26. The summed E-state index contributed by atoms with van der Waals surface area (Å²) in [5, 5.41) is 20.2. The van der Waals surface area contributed by atoms with Crippen LogP contribution in [0.2, 0.25) is 0 Å². The second-order valence-corrected chi connectivity index (χ2v) is 7.64. The summed E-state index contributed by atoms with van der Waals surface area (Å²) in [4.78, 5) is 20.8. The molecule has 1 aromatic rings. The Labute approximate surface area is 138 Å². The van der Waals surface area contributed by atoms with Gasteiger partial charge in [0.05, 0.1) is 21.3 Å². The molecule has 0 spiro atoms. The summed E-state index contributed by atoms with van der Waals surface area (Å²) in [5.41, 5.74) is -0.887. The van der Waals surface area contributed by atoms with Gasteiger partial charge in [0.25, 0.3) is 5.69 Å². The molecule has 1 aliphatic heterocycles. The van der Waals surface area contributed by atoms with E-state index in [4.69, 9.17) is 0 Å². The van der Waals surface area contributed by atoms with Crippen molar-refractivity contribution in [3.63, 3.8) is 0 Å². The van der Waals surface area contributed by atoms with E-state index in [-0.39, 0.29) is 12.1 Å². The number of halogens is 1. The average molecular weight is 360 g/mol. The molecule has 0 bridgehead atoms. The quantitative estimate of drug-likeness (QED) is 0.647. The maximum Gasteiger partial charge on any atom is 0.308 e. The van der Waals surface area contributed by atoms with Gasteiger partial charge in [-0.25, -0.2) is 12.8 Å². The molecular weight excluding hydrogens is 343 g/mol. The molecule has 1 aliphatic rings. The number of piperidine rings is 1. The van der Waals surface area contributed by atoms with Crippen LogP contribution in [0.25, 0.3) is 0 Å². The summed E-state index contributed by atoms with van der Waals surface area (Å²) in [6.45, 7) is 2.73. The Balaban J connectivity index is 2.51. The maximum absolute atomic E-state index is 13.9. The van der Waals surface area contributed by atoms with Crippen LogP contribution in [-0.2, 0) is 14.8 Å². The molecule has 1 saturated heterocycles. The zero-order valence-electron chi connectivity index (χ0n) is 13.1. The van der Waals surface area contributed by atoms with Crippen LogP contribution >= 0.6 is 0 Å². The molecule has 8 nitrogen and oxygen atoms in total. The van der Waals surface area contributed by atoms with E-state index in [0.717, 1.165) is 16.4 Å². The highest BCUT2D eigenvalue weighted by molar-refractivity contribution is 7.89. The molecule has 24 heavy (non-hydrogen) atoms. The van der Waals surface area contributed by atoms with Crippen LogP contribution in [0.5, 0.6) is 0 Å². The van der Waals surface area contributed by atoms with E-state index in [1.54, 1.807) is 0 Å². The molecular formula is C14H17FN2O6S. The van der Waals surface area contributed by atoms with Gasteiger partial charge in [-0.1, -0.05) is 0 Å². The van der Waals surface area contributed by atoms with E-state index >= 15 is 0 Å². The number of nitro benzene ring substituents is 1. The molecule has 132 valence electrons. The number of carboxylic acids is 1. The summed E-state index contributed by atoms with van der Waals surface area (Å²) < 4.78 is 40.4. The van der Waals surface area contributed by atoms with Gasteiger partial charge in [-0.05, 0) is 32.8 Å². The highest BCUT2D eigenvalue weighted by Gasteiger charge is 2.40. The minimum atomic E-state index is -4.25. The van der Waals surface area contributed by atoms with Crippen molar-refractivity contribution in [2.75, 3.05) is 6.54 Å². The van der Waals surface area contributed by atoms with Gasteiger partial charge < -0.3 is 5.11 Å². The van der Waals surface area contributed by atoms with Crippen molar-refractivity contribution in [1.29, 1.82) is 0 Å². The molecule has 2 rings (SSSR count). The van der Waals surface area contributed by atoms with Gasteiger partial charge >= 0.3 is 5.97 Å². The van der Waals surface area contributed by atoms with E-state index < -0.39 is 49.3 Å². The van der Waals surface area contributed by atoms with Crippen LogP contribution in [0.3, 0.4) is 0 Å². The highest BCUT2D eigenvalue weighted by atomic mass is 32.2. The number of aliphatic carboxylic acids is 1. The molecule has 0 aromatic heterocycles. The number of carbonyl (C=O) groups is 1. The lowest BCUT2D eigenvalue weighted by atomic mass is 9.92. The zero-order chi connectivity index (χ0) is 18.2. The van der Waals surface area contributed by atoms with Gasteiger partial charge in [-0.2, -0.15) is 4.31 Å². The third kappa shape index (κ3) is 3.11. The molecule has 1 fully saturated rings. The monoisotopic (exact) mass is 360 g/mol. The summed E-state index contributed by atoms with van der Waals surface area (Å²) in [5.74, 6) is -2.98. The Bertz CT molecular complexity index is 795. The first-order valence-corrected chi connectivity index (χ1v) is 8.70. The molecule has 0 amide bonds. The largest absolute Gasteiger partial charge is 0.481 e. The Morgan fingerprint density at radius 3 is 2.62 bits per heavy atom. The number of benzene rings is 1. The fraction of sp³-hybridized carbons (Fsp3) is 0.500. The first kappa shape index (κ1) is 18.3. The van der Waals surface area contributed by atoms with E-state index in [0.29, 0.717) is 12.8 Å². The van der Waals surface area contributed by atoms with Crippen LogP contribution < -0.4 is 0 Å². The molecule has 1 N–H and O–H groups in total. The van der Waals surface area contributed by atoms with Crippen molar-refractivity contribution in [3.8, 4) is 0 Å². The molecule has 10 heteroatoms. The van der Waals surface area contributed by atoms with Crippen LogP contribution in [0.1, 0.15) is 25.3 Å². The van der Waals surface area contributed by atoms with E-state index in [1.807, 2.05) is 0 Å². The lowest BCUT2D eigenvalue weighted by molar-refractivity contribution is -0.385. The van der Waals surface area contributed by atoms with Gasteiger partial charge in [-0.15, -0.1) is 0 Å². The number of nitro groups is 1. The Morgan fingerprint density at radius 2 is 2.08 bits per heavy atom. The minimum absolute atomic E-state index is 0.0799. The maximum atomic E-state index is 13.9. The van der Waals surface area contributed by atoms with E-state index in [1.165, 1.54) is 13.8 Å². The summed E-state index contributed by atoms with van der Waals surface area (Å²) in [7, 11) is -4.25. The molecule has 0 saturated carbocycles. The number of nitrogens with zero attached hydrogens (tertiary/aromatic N) is 2. The zero-order valence-corrected chi connectivity index (χ0v) is 13.9. The van der Waals surface area contributed by atoms with Gasteiger partial charge in [0.1, 0.15) is 5.82 Å². The van der Waals surface area contributed by atoms with E-state index in [9.17, 15) is 32.8 Å². The van der Waals surface area contributed by atoms with Crippen molar-refractivity contribution >= 4 is 21.7 Å². The normalized spacial score (nSPS) is 22.3.